The van der Waals surface area contributed by atoms with E-state index in [2.05, 4.69) is 15.5 Å². The van der Waals surface area contributed by atoms with Crippen LogP contribution in [0.2, 0.25) is 0 Å². The highest BCUT2D eigenvalue weighted by atomic mass is 19.1. The van der Waals surface area contributed by atoms with E-state index in [0.717, 1.165) is 5.56 Å². The zero-order valence-electron chi connectivity index (χ0n) is 18.4. The van der Waals surface area contributed by atoms with E-state index < -0.39 is 6.04 Å². The molecule has 0 radical (unpaired) electrons. The van der Waals surface area contributed by atoms with E-state index in [1.807, 2.05) is 45.0 Å². The van der Waals surface area contributed by atoms with E-state index in [0.29, 0.717) is 35.0 Å². The summed E-state index contributed by atoms with van der Waals surface area (Å²) in [6, 6.07) is 12.6. The van der Waals surface area contributed by atoms with Gasteiger partial charge in [-0.3, -0.25) is 4.90 Å². The van der Waals surface area contributed by atoms with Gasteiger partial charge >= 0.3 is 6.03 Å². The number of methoxy groups -OCH3 is 1. The molecule has 1 unspecified atom stereocenters. The van der Waals surface area contributed by atoms with Crippen molar-refractivity contribution in [3.8, 4) is 17.1 Å². The molecule has 7 nitrogen and oxygen atoms in total. The maximum atomic E-state index is 14.0. The summed E-state index contributed by atoms with van der Waals surface area (Å²) in [4.78, 5) is 19.2. The summed E-state index contributed by atoms with van der Waals surface area (Å²) in [5.74, 6) is 1.20. The molecular formula is C24H25FN4O3. The molecule has 0 saturated carbocycles. The van der Waals surface area contributed by atoms with Crippen LogP contribution in [0.15, 0.2) is 58.8 Å². The third-order valence-corrected chi connectivity index (χ3v) is 5.31. The summed E-state index contributed by atoms with van der Waals surface area (Å²) >= 11 is 0. The van der Waals surface area contributed by atoms with Gasteiger partial charge in [-0.1, -0.05) is 43.3 Å². The van der Waals surface area contributed by atoms with Crippen molar-refractivity contribution in [1.82, 2.24) is 20.4 Å². The topological polar surface area (TPSA) is 80.5 Å². The molecule has 2 heterocycles. The molecule has 0 spiro atoms. The third kappa shape index (κ3) is 4.21. The fourth-order valence-corrected chi connectivity index (χ4v) is 3.79. The molecule has 1 N–H and O–H groups in total. The number of aromatic nitrogens is 2. The number of nitrogens with one attached hydrogen (secondary N) is 1. The Morgan fingerprint density at radius 2 is 2.00 bits per heavy atom. The Morgan fingerprint density at radius 3 is 2.72 bits per heavy atom. The van der Waals surface area contributed by atoms with Gasteiger partial charge in [0.05, 0.1) is 18.7 Å². The summed E-state index contributed by atoms with van der Waals surface area (Å²) < 4.78 is 24.9. The lowest BCUT2D eigenvalue weighted by atomic mass is 9.94. The second kappa shape index (κ2) is 8.82. The van der Waals surface area contributed by atoms with Gasteiger partial charge in [-0.15, -0.1) is 0 Å². The SMILES string of the molecule is COc1cccc(-c2noc(C3=C(C)N(CC(C)C)C(=O)NC3c3cccc(F)c3)n2)c1. The Hall–Kier alpha value is -3.68. The standard InChI is InChI=1S/C24H25FN4O3/c1-14(2)13-29-15(3)20(21(26-24(29)30)16-7-5-9-18(25)11-16)23-27-22(28-32-23)17-8-6-10-19(12-17)31-4/h5-12,14,21H,13H2,1-4H3,(H,26,30). The number of hydrogen-bond donors (Lipinski definition) is 1. The number of allylic oxidation sites excluding steroid dienone is 1. The van der Waals surface area contributed by atoms with Gasteiger partial charge in [0.25, 0.3) is 5.89 Å². The summed E-state index contributed by atoms with van der Waals surface area (Å²) in [6.45, 7) is 6.44. The Bertz CT molecular complexity index is 1170. The number of benzene rings is 2. The molecule has 1 aromatic heterocycles. The average molecular weight is 436 g/mol. The molecule has 1 atom stereocenters. The van der Waals surface area contributed by atoms with Crippen molar-refractivity contribution in [2.24, 2.45) is 5.92 Å². The van der Waals surface area contributed by atoms with E-state index in [9.17, 15) is 9.18 Å². The highest BCUT2D eigenvalue weighted by molar-refractivity contribution is 5.86. The van der Waals surface area contributed by atoms with Gasteiger partial charge in [0, 0.05) is 17.8 Å². The van der Waals surface area contributed by atoms with Crippen LogP contribution in [0.3, 0.4) is 0 Å². The van der Waals surface area contributed by atoms with Crippen molar-refractivity contribution < 1.29 is 18.4 Å². The van der Waals surface area contributed by atoms with Crippen molar-refractivity contribution in [2.75, 3.05) is 13.7 Å². The van der Waals surface area contributed by atoms with Crippen LogP contribution in [-0.4, -0.2) is 34.7 Å². The van der Waals surface area contributed by atoms with Crippen LogP contribution < -0.4 is 10.1 Å². The molecule has 8 heteroatoms. The fraction of sp³-hybridized carbons (Fsp3) is 0.292. The molecule has 2 aromatic carbocycles. The number of nitrogens with zero attached hydrogens (tertiary/aromatic N) is 3. The van der Waals surface area contributed by atoms with E-state index >= 15 is 0 Å². The molecule has 0 bridgehead atoms. The second-order valence-electron chi connectivity index (χ2n) is 8.10. The van der Waals surface area contributed by atoms with E-state index in [1.54, 1.807) is 24.1 Å². The van der Waals surface area contributed by atoms with Gasteiger partial charge in [-0.05, 0) is 42.7 Å². The number of amides is 2. The van der Waals surface area contributed by atoms with E-state index in [-0.39, 0.29) is 23.7 Å². The first kappa shape index (κ1) is 21.5. The summed E-state index contributed by atoms with van der Waals surface area (Å²) in [5.41, 5.74) is 2.66. The minimum absolute atomic E-state index is 0.248. The predicted octanol–water partition coefficient (Wildman–Crippen LogP) is 5.04. The fourth-order valence-electron chi connectivity index (χ4n) is 3.79. The highest BCUT2D eigenvalue weighted by Gasteiger charge is 2.36. The van der Waals surface area contributed by atoms with Crippen molar-refractivity contribution in [1.29, 1.82) is 0 Å². The van der Waals surface area contributed by atoms with Crippen LogP contribution in [0.25, 0.3) is 17.0 Å². The van der Waals surface area contributed by atoms with E-state index in [1.165, 1.54) is 12.1 Å². The molecule has 0 aliphatic carbocycles. The molecule has 0 saturated heterocycles. The van der Waals surface area contributed by atoms with Crippen LogP contribution in [0.5, 0.6) is 5.75 Å². The Labute approximate surface area is 185 Å². The van der Waals surface area contributed by atoms with Crippen LogP contribution in [0.1, 0.15) is 38.3 Å². The molecule has 1 aliphatic rings. The predicted molar refractivity (Wildman–Crippen MR) is 118 cm³/mol. The largest absolute Gasteiger partial charge is 0.497 e. The maximum Gasteiger partial charge on any atom is 0.322 e. The first-order chi connectivity index (χ1) is 15.4. The van der Waals surface area contributed by atoms with Gasteiger partial charge in [0.15, 0.2) is 0 Å². The third-order valence-electron chi connectivity index (χ3n) is 5.31. The molecule has 0 fully saturated rings. The lowest BCUT2D eigenvalue weighted by Crippen LogP contribution is -2.47. The Morgan fingerprint density at radius 1 is 1.22 bits per heavy atom. The van der Waals surface area contributed by atoms with Crippen LogP contribution in [0.4, 0.5) is 9.18 Å². The maximum absolute atomic E-state index is 14.0. The lowest BCUT2D eigenvalue weighted by Gasteiger charge is -2.36. The monoisotopic (exact) mass is 436 g/mol. The van der Waals surface area contributed by atoms with E-state index in [4.69, 9.17) is 9.26 Å². The Kier molecular flexibility index (Phi) is 5.94. The number of carbonyl (C=O) groups excluding carboxylic acids is 1. The first-order valence-electron chi connectivity index (χ1n) is 10.4. The molecule has 32 heavy (non-hydrogen) atoms. The number of ether oxygens (including phenoxy) is 1. The molecule has 1 aliphatic heterocycles. The second-order valence-corrected chi connectivity index (χ2v) is 8.10. The normalized spacial score (nSPS) is 16.5. The lowest BCUT2D eigenvalue weighted by molar-refractivity contribution is 0.199. The van der Waals surface area contributed by atoms with Gasteiger partial charge < -0.3 is 14.6 Å². The Balaban J connectivity index is 1.82. The summed E-state index contributed by atoms with van der Waals surface area (Å²) in [5, 5.41) is 7.12. The van der Waals surface area contributed by atoms with Gasteiger partial charge in [-0.25, -0.2) is 9.18 Å². The zero-order valence-corrected chi connectivity index (χ0v) is 18.4. The van der Waals surface area contributed by atoms with Crippen molar-refractivity contribution in [2.45, 2.75) is 26.8 Å². The number of halogens is 1. The number of hydrogen-bond acceptors (Lipinski definition) is 5. The van der Waals surface area contributed by atoms with Crippen molar-refractivity contribution >= 4 is 11.6 Å². The first-order valence-corrected chi connectivity index (χ1v) is 10.4. The quantitative estimate of drug-likeness (QED) is 0.586. The van der Waals surface area contributed by atoms with Crippen LogP contribution >= 0.6 is 0 Å². The molecule has 4 rings (SSSR count). The van der Waals surface area contributed by atoms with Crippen LogP contribution in [-0.2, 0) is 0 Å². The van der Waals surface area contributed by atoms with Gasteiger partial charge in [0.1, 0.15) is 11.6 Å². The highest BCUT2D eigenvalue weighted by Crippen LogP contribution is 2.37. The smallest absolute Gasteiger partial charge is 0.322 e. The summed E-state index contributed by atoms with van der Waals surface area (Å²) in [7, 11) is 1.59. The van der Waals surface area contributed by atoms with Crippen molar-refractivity contribution in [3.63, 3.8) is 0 Å². The number of urea groups is 1. The zero-order chi connectivity index (χ0) is 22.8. The van der Waals surface area contributed by atoms with Crippen LogP contribution in [0, 0.1) is 11.7 Å². The summed E-state index contributed by atoms with van der Waals surface area (Å²) in [6.07, 6.45) is 0. The number of rotatable bonds is 6. The molecular weight excluding hydrogens is 411 g/mol. The van der Waals surface area contributed by atoms with Gasteiger partial charge in [0.2, 0.25) is 5.82 Å². The number of carbonyl (C=O) groups is 1. The molecule has 3 aromatic rings. The van der Waals surface area contributed by atoms with Crippen molar-refractivity contribution in [3.05, 3.63) is 71.5 Å². The average Bonchev–Trinajstić information content (AvgIpc) is 3.26. The van der Waals surface area contributed by atoms with Gasteiger partial charge in [-0.2, -0.15) is 4.98 Å². The molecule has 2 amide bonds. The minimum Gasteiger partial charge on any atom is -0.497 e. The minimum atomic E-state index is -0.625. The molecule has 166 valence electrons.